The fraction of sp³-hybridized carbons (Fsp3) is 0.955. The van der Waals surface area contributed by atoms with E-state index in [2.05, 4.69) is 62.2 Å². The van der Waals surface area contributed by atoms with Gasteiger partial charge in [-0.05, 0) is 0 Å². The zero-order chi connectivity index (χ0) is 22.0. The van der Waals surface area contributed by atoms with Crippen molar-refractivity contribution in [2.75, 3.05) is 7.11 Å². The van der Waals surface area contributed by atoms with Gasteiger partial charge in [0.15, 0.2) is 0 Å². The van der Waals surface area contributed by atoms with Crippen molar-refractivity contribution in [3.05, 3.63) is 21.3 Å². The molecule has 169 valence electrons. The van der Waals surface area contributed by atoms with Crippen molar-refractivity contribution in [1.82, 2.24) is 0 Å². The number of aliphatic hydroxyl groups excluding tert-OH is 1. The molecule has 4 aliphatic rings. The molecule has 0 amide bonds. The molecule has 4 rings (SSSR count). The third kappa shape index (κ3) is 8.27. The summed E-state index contributed by atoms with van der Waals surface area (Å²) in [4.78, 5) is 7.75. The van der Waals surface area contributed by atoms with Gasteiger partial charge >= 0.3 is 19.5 Å². The summed E-state index contributed by atoms with van der Waals surface area (Å²) in [6.07, 6.45) is 5.54. The van der Waals surface area contributed by atoms with Crippen molar-refractivity contribution in [2.24, 2.45) is 11.8 Å². The molecule has 4 aliphatic heterocycles. The summed E-state index contributed by atoms with van der Waals surface area (Å²) in [6, 6.07) is 0. The normalized spacial score (nSPS) is 35.9. The first-order chi connectivity index (χ1) is 12.8. The second-order valence-electron chi connectivity index (χ2n) is 10.9. The van der Waals surface area contributed by atoms with Crippen LogP contribution in [0.25, 0.3) is 21.3 Å². The van der Waals surface area contributed by atoms with E-state index in [0.29, 0.717) is 12.3 Å². The second-order valence-corrected chi connectivity index (χ2v) is 10.9. The zero-order valence-electron chi connectivity index (χ0n) is 19.7. The topological polar surface area (TPSA) is 93.7 Å². The smallest absolute Gasteiger partial charge is 0.673 e. The first kappa shape index (κ1) is 29.1. The van der Waals surface area contributed by atoms with Gasteiger partial charge in [-0.3, -0.25) is 6.79 Å². The Hall–Kier alpha value is 0.0934. The summed E-state index contributed by atoms with van der Waals surface area (Å²) < 4.78 is 0. The van der Waals surface area contributed by atoms with Crippen LogP contribution in [0, 0.1) is 11.8 Å². The fourth-order valence-electron chi connectivity index (χ4n) is 5.25. The Morgan fingerprint density at radius 1 is 0.586 bits per heavy atom. The number of rotatable bonds is 0. The van der Waals surface area contributed by atoms with Gasteiger partial charge in [0.25, 0.3) is 0 Å². The van der Waals surface area contributed by atoms with Crippen LogP contribution in [0.2, 0.25) is 0 Å². The van der Waals surface area contributed by atoms with Crippen LogP contribution in [-0.4, -0.2) is 53.5 Å². The van der Waals surface area contributed by atoms with Crippen LogP contribution in [0.15, 0.2) is 0 Å². The fourth-order valence-corrected chi connectivity index (χ4v) is 5.25. The van der Waals surface area contributed by atoms with E-state index >= 15 is 0 Å². The number of carbonyl (C=O) groups excluding carboxylic acids is 1. The summed E-state index contributed by atoms with van der Waals surface area (Å²) in [7, 11) is 1.00. The molecule has 0 spiro atoms. The second kappa shape index (κ2) is 10.6. The van der Waals surface area contributed by atoms with Crippen LogP contribution in [0.3, 0.4) is 0 Å². The van der Waals surface area contributed by atoms with Gasteiger partial charge in [-0.25, -0.2) is 12.3 Å². The van der Waals surface area contributed by atoms with E-state index < -0.39 is 0 Å². The molecular weight excluding hydrogens is 453 g/mol. The quantitative estimate of drug-likeness (QED) is 0.277. The summed E-state index contributed by atoms with van der Waals surface area (Å²) in [6.45, 7) is 21.0. The van der Waals surface area contributed by atoms with Crippen molar-refractivity contribution in [1.29, 1.82) is 0 Å². The van der Waals surface area contributed by atoms with Gasteiger partial charge in [-0.2, -0.15) is 0 Å². The third-order valence-electron chi connectivity index (χ3n) is 5.82. The standard InChI is InChI=1S/2C10H18N2.CH4O.CHO.Ru/c2*1-9(2)5-7-6-10(3,4)12-8(7)11-9;2*1-2;/h2*7-8H,5-6H2,1-4H3;2H,1H3;1H;/q2*-2;;-1;+5. The van der Waals surface area contributed by atoms with Crippen molar-refractivity contribution in [3.63, 3.8) is 0 Å². The molecule has 29 heavy (non-hydrogen) atoms. The summed E-state index contributed by atoms with van der Waals surface area (Å²) in [5.74, 6) is 1.46. The molecule has 0 aromatic rings. The zero-order valence-corrected chi connectivity index (χ0v) is 21.5. The van der Waals surface area contributed by atoms with E-state index in [9.17, 15) is 0 Å². The number of aliphatic hydroxyl groups is 1. The summed E-state index contributed by atoms with van der Waals surface area (Å²) >= 11 is 0. The SMILES string of the molecule is CC1(C)CC2CC(C)(C)[N-]C2[N-]1.CC1(C)CC2CC(C)(C)[N-]C2[N-]1.CO.[CH-]=O.[Ru+5]. The minimum atomic E-state index is 0. The van der Waals surface area contributed by atoms with Gasteiger partial charge in [-0.1, -0.05) is 92.9 Å². The maximum absolute atomic E-state index is 7.75. The monoisotopic (exact) mass is 495 g/mol. The van der Waals surface area contributed by atoms with E-state index in [1.807, 2.05) is 0 Å². The molecule has 0 unspecified atom stereocenters. The molecule has 7 heteroatoms. The number of hydrogen-bond donors (Lipinski definition) is 1. The average molecular weight is 495 g/mol. The Morgan fingerprint density at radius 2 is 0.759 bits per heavy atom. The Morgan fingerprint density at radius 3 is 0.897 bits per heavy atom. The van der Waals surface area contributed by atoms with Crippen LogP contribution < -0.4 is 0 Å². The van der Waals surface area contributed by atoms with Gasteiger partial charge in [0, 0.05) is 7.11 Å². The number of nitrogens with zero attached hydrogens (tertiary/aromatic N) is 4. The van der Waals surface area contributed by atoms with E-state index in [0.717, 1.165) is 18.9 Å². The molecule has 4 heterocycles. The molecule has 0 aromatic carbocycles. The van der Waals surface area contributed by atoms with Crippen molar-refractivity contribution >= 4 is 6.79 Å². The van der Waals surface area contributed by atoms with Gasteiger partial charge < -0.3 is 31.2 Å². The van der Waals surface area contributed by atoms with Crippen LogP contribution in [0.5, 0.6) is 0 Å². The molecule has 4 saturated heterocycles. The first-order valence-electron chi connectivity index (χ1n) is 10.3. The van der Waals surface area contributed by atoms with Gasteiger partial charge in [0.05, 0.1) is 0 Å². The maximum atomic E-state index is 7.75. The summed E-state index contributed by atoms with van der Waals surface area (Å²) in [5.41, 5.74) is 0.759. The van der Waals surface area contributed by atoms with Crippen molar-refractivity contribution in [2.45, 2.75) is 116 Å². The molecule has 4 fully saturated rings. The molecule has 1 N–H and O–H groups in total. The third-order valence-corrected chi connectivity index (χ3v) is 5.82. The predicted octanol–water partition coefficient (Wildman–Crippen LogP) is 5.41. The maximum Gasteiger partial charge on any atom is 5.00 e. The molecule has 0 saturated carbocycles. The molecular formula is C22H41N4O2Ru. The van der Waals surface area contributed by atoms with Crippen molar-refractivity contribution < 1.29 is 29.4 Å². The number of hydrogen-bond acceptors (Lipinski definition) is 2. The molecule has 6 nitrogen and oxygen atoms in total. The molecule has 1 radical (unpaired) electrons. The van der Waals surface area contributed by atoms with Crippen LogP contribution in [-0.2, 0) is 24.3 Å². The Kier molecular flexibility index (Phi) is 10.6. The van der Waals surface area contributed by atoms with E-state index in [-0.39, 0.29) is 41.6 Å². The predicted molar refractivity (Wildman–Crippen MR) is 118 cm³/mol. The first-order valence-corrected chi connectivity index (χ1v) is 10.3. The van der Waals surface area contributed by atoms with Crippen molar-refractivity contribution in [3.8, 4) is 0 Å². The molecule has 0 atom stereocenters. The summed E-state index contributed by atoms with van der Waals surface area (Å²) in [5, 5.41) is 25.8. The minimum Gasteiger partial charge on any atom is -0.673 e. The largest absolute Gasteiger partial charge is 5.00 e. The molecule has 0 aromatic heterocycles. The van der Waals surface area contributed by atoms with Gasteiger partial charge in [0.1, 0.15) is 0 Å². The van der Waals surface area contributed by atoms with Crippen LogP contribution >= 0.6 is 0 Å². The Labute approximate surface area is 191 Å². The Bertz CT molecular complexity index is 391. The van der Waals surface area contributed by atoms with Crippen LogP contribution in [0.4, 0.5) is 0 Å². The van der Waals surface area contributed by atoms with Crippen LogP contribution in [0.1, 0.15) is 81.1 Å². The minimum absolute atomic E-state index is 0. The van der Waals surface area contributed by atoms with Gasteiger partial charge in [0.2, 0.25) is 0 Å². The average Bonchev–Trinajstić information content (AvgIpc) is 3.14. The Balaban J connectivity index is 0.000000449. The number of fused-ring (bicyclic) bond motifs is 2. The molecule has 0 bridgehead atoms. The van der Waals surface area contributed by atoms with E-state index in [4.69, 9.17) is 31.2 Å². The van der Waals surface area contributed by atoms with E-state index in [1.165, 1.54) is 25.7 Å². The van der Waals surface area contributed by atoms with E-state index in [1.54, 1.807) is 0 Å². The molecule has 0 aliphatic carbocycles. The van der Waals surface area contributed by atoms with Gasteiger partial charge in [-0.15, -0.1) is 22.2 Å².